The lowest BCUT2D eigenvalue weighted by molar-refractivity contribution is -0.185. The van der Waals surface area contributed by atoms with Gasteiger partial charge < -0.3 is 14.5 Å². The van der Waals surface area contributed by atoms with Crippen LogP contribution < -0.4 is 10.3 Å². The van der Waals surface area contributed by atoms with Crippen LogP contribution in [-0.2, 0) is 10.8 Å². The van der Waals surface area contributed by atoms with E-state index in [0.717, 1.165) is 0 Å². The smallest absolute Gasteiger partial charge is 0.426 e. The van der Waals surface area contributed by atoms with E-state index >= 15 is 0 Å². The quantitative estimate of drug-likeness (QED) is 0.666. The lowest BCUT2D eigenvalue weighted by Gasteiger charge is -2.20. The molecule has 1 aromatic heterocycles. The van der Waals surface area contributed by atoms with Gasteiger partial charge in [-0.1, -0.05) is 30.3 Å². The van der Waals surface area contributed by atoms with Gasteiger partial charge in [0.05, 0.1) is 23.8 Å². The van der Waals surface area contributed by atoms with Crippen LogP contribution in [0.4, 0.5) is 8.78 Å². The van der Waals surface area contributed by atoms with Gasteiger partial charge in [0.15, 0.2) is 0 Å². The summed E-state index contributed by atoms with van der Waals surface area (Å²) in [6.07, 6.45) is -3.64. The van der Waals surface area contributed by atoms with E-state index in [-0.39, 0.29) is 22.4 Å². The number of nitrogens with one attached hydrogen (secondary N) is 1. The molecular formula is C21H17F2NO4. The molecule has 3 rings (SSSR count). The predicted molar refractivity (Wildman–Crippen MR) is 99.5 cm³/mol. The first kappa shape index (κ1) is 19.3. The number of pyridine rings is 1. The molecule has 144 valence electrons. The van der Waals surface area contributed by atoms with Crippen molar-refractivity contribution >= 4 is 5.97 Å². The minimum atomic E-state index is -3.64. The van der Waals surface area contributed by atoms with Crippen molar-refractivity contribution in [2.24, 2.45) is 0 Å². The molecule has 5 nitrogen and oxygen atoms in total. The second-order valence-electron chi connectivity index (χ2n) is 6.07. The van der Waals surface area contributed by atoms with Crippen molar-refractivity contribution in [2.45, 2.75) is 13.0 Å². The second-order valence-corrected chi connectivity index (χ2v) is 6.07. The molecule has 0 radical (unpaired) electrons. The Morgan fingerprint density at radius 1 is 1.04 bits per heavy atom. The monoisotopic (exact) mass is 385 g/mol. The van der Waals surface area contributed by atoms with E-state index in [1.807, 2.05) is 0 Å². The molecule has 0 atom stereocenters. The van der Waals surface area contributed by atoms with Gasteiger partial charge in [0, 0.05) is 11.8 Å². The molecule has 1 heterocycles. The number of aromatic nitrogens is 1. The highest BCUT2D eigenvalue weighted by Gasteiger charge is 2.35. The fourth-order valence-corrected chi connectivity index (χ4v) is 2.73. The SMILES string of the molecule is COC(=O)c1ccc(-c2c(OC(F)(F)c3ccccc3)cc(C)[nH]c2=O)cc1. The molecule has 0 saturated heterocycles. The fourth-order valence-electron chi connectivity index (χ4n) is 2.73. The van der Waals surface area contributed by atoms with Crippen molar-refractivity contribution in [3.63, 3.8) is 0 Å². The number of benzene rings is 2. The van der Waals surface area contributed by atoms with E-state index < -0.39 is 17.6 Å². The summed E-state index contributed by atoms with van der Waals surface area (Å²) in [6, 6.07) is 14.2. The molecule has 28 heavy (non-hydrogen) atoms. The summed E-state index contributed by atoms with van der Waals surface area (Å²) >= 11 is 0. The third-order valence-electron chi connectivity index (χ3n) is 4.07. The lowest BCUT2D eigenvalue weighted by Crippen LogP contribution is -2.24. The van der Waals surface area contributed by atoms with Gasteiger partial charge in [0.25, 0.3) is 5.56 Å². The zero-order valence-corrected chi connectivity index (χ0v) is 15.2. The molecule has 7 heteroatoms. The average Bonchev–Trinajstić information content (AvgIpc) is 2.67. The third-order valence-corrected chi connectivity index (χ3v) is 4.07. The van der Waals surface area contributed by atoms with Gasteiger partial charge in [-0.25, -0.2) is 4.79 Å². The number of carbonyl (C=O) groups excluding carboxylic acids is 1. The minimum absolute atomic E-state index is 0.0578. The zero-order valence-electron chi connectivity index (χ0n) is 15.2. The van der Waals surface area contributed by atoms with Crippen molar-refractivity contribution in [2.75, 3.05) is 7.11 Å². The molecule has 0 unspecified atom stereocenters. The number of halogens is 2. The van der Waals surface area contributed by atoms with Gasteiger partial charge in [0.1, 0.15) is 5.75 Å². The highest BCUT2D eigenvalue weighted by Crippen LogP contribution is 2.36. The van der Waals surface area contributed by atoms with Crippen LogP contribution >= 0.6 is 0 Å². The Morgan fingerprint density at radius 2 is 1.68 bits per heavy atom. The number of methoxy groups -OCH3 is 1. The Kier molecular flexibility index (Phi) is 5.26. The van der Waals surface area contributed by atoms with Crippen molar-refractivity contribution in [3.8, 4) is 16.9 Å². The molecule has 0 bridgehead atoms. The first-order valence-corrected chi connectivity index (χ1v) is 8.37. The van der Waals surface area contributed by atoms with Gasteiger partial charge in [-0.15, -0.1) is 0 Å². The largest absolute Gasteiger partial charge is 0.465 e. The Bertz CT molecular complexity index is 1040. The topological polar surface area (TPSA) is 68.4 Å². The molecule has 0 aliphatic rings. The maximum Gasteiger partial charge on any atom is 0.426 e. The summed E-state index contributed by atoms with van der Waals surface area (Å²) in [5, 5.41) is 0. The van der Waals surface area contributed by atoms with Crippen LogP contribution in [0.15, 0.2) is 65.5 Å². The van der Waals surface area contributed by atoms with Crippen molar-refractivity contribution in [3.05, 3.63) is 87.8 Å². The van der Waals surface area contributed by atoms with Crippen molar-refractivity contribution < 1.29 is 23.0 Å². The van der Waals surface area contributed by atoms with E-state index in [1.54, 1.807) is 13.0 Å². The number of aryl methyl sites for hydroxylation is 1. The summed E-state index contributed by atoms with van der Waals surface area (Å²) in [7, 11) is 1.25. The Labute approximate surface area is 159 Å². The highest BCUT2D eigenvalue weighted by molar-refractivity contribution is 5.90. The maximum atomic E-state index is 14.6. The standard InChI is InChI=1S/C21H17F2NO4/c1-13-12-17(28-21(22,23)16-6-4-3-5-7-16)18(19(25)24-13)14-8-10-15(11-9-14)20(26)27-2/h3-12H,1-2H3,(H,24,25). The summed E-state index contributed by atoms with van der Waals surface area (Å²) in [6.45, 7) is 1.57. The molecule has 1 N–H and O–H groups in total. The van der Waals surface area contributed by atoms with E-state index in [0.29, 0.717) is 11.3 Å². The molecule has 0 amide bonds. The normalized spacial score (nSPS) is 11.1. The van der Waals surface area contributed by atoms with Crippen LogP contribution in [0.2, 0.25) is 0 Å². The summed E-state index contributed by atoms with van der Waals surface area (Å²) in [4.78, 5) is 26.6. The van der Waals surface area contributed by atoms with Crippen LogP contribution in [0, 0.1) is 6.92 Å². The second kappa shape index (κ2) is 7.64. The summed E-state index contributed by atoms with van der Waals surface area (Å²) < 4.78 is 38.9. The Hall–Kier alpha value is -3.48. The van der Waals surface area contributed by atoms with Gasteiger partial charge in [0.2, 0.25) is 0 Å². The number of rotatable bonds is 5. The fraction of sp³-hybridized carbons (Fsp3) is 0.143. The molecule has 2 aromatic carbocycles. The van der Waals surface area contributed by atoms with Crippen LogP contribution in [0.5, 0.6) is 5.75 Å². The molecular weight excluding hydrogens is 368 g/mol. The van der Waals surface area contributed by atoms with Gasteiger partial charge in [-0.2, -0.15) is 8.78 Å². The zero-order chi connectivity index (χ0) is 20.3. The minimum Gasteiger partial charge on any atom is -0.465 e. The maximum absolute atomic E-state index is 14.6. The number of ether oxygens (including phenoxy) is 2. The predicted octanol–water partition coefficient (Wildman–Crippen LogP) is 4.27. The van der Waals surface area contributed by atoms with Gasteiger partial charge >= 0.3 is 12.1 Å². The lowest BCUT2D eigenvalue weighted by atomic mass is 10.0. The first-order valence-electron chi connectivity index (χ1n) is 8.37. The number of hydrogen-bond donors (Lipinski definition) is 1. The number of carbonyl (C=O) groups is 1. The third kappa shape index (κ3) is 3.93. The van der Waals surface area contributed by atoms with E-state index in [2.05, 4.69) is 9.72 Å². The molecule has 0 aliphatic heterocycles. The highest BCUT2D eigenvalue weighted by atomic mass is 19.3. The first-order chi connectivity index (χ1) is 13.3. The van der Waals surface area contributed by atoms with Gasteiger partial charge in [-0.3, -0.25) is 4.79 Å². The Balaban J connectivity index is 2.06. The number of aromatic amines is 1. The molecule has 3 aromatic rings. The van der Waals surface area contributed by atoms with Gasteiger partial charge in [-0.05, 0) is 36.8 Å². The number of H-pyrrole nitrogens is 1. The van der Waals surface area contributed by atoms with Crippen LogP contribution in [0.3, 0.4) is 0 Å². The molecule has 0 fully saturated rings. The average molecular weight is 385 g/mol. The van der Waals surface area contributed by atoms with Crippen molar-refractivity contribution in [1.29, 1.82) is 0 Å². The summed E-state index contributed by atoms with van der Waals surface area (Å²) in [5.41, 5.74) is 0.000608. The number of esters is 1. The molecule has 0 aliphatic carbocycles. The number of hydrogen-bond acceptors (Lipinski definition) is 4. The number of alkyl halides is 2. The van der Waals surface area contributed by atoms with Crippen LogP contribution in [0.1, 0.15) is 21.6 Å². The van der Waals surface area contributed by atoms with Crippen LogP contribution in [0.25, 0.3) is 11.1 Å². The van der Waals surface area contributed by atoms with Crippen molar-refractivity contribution in [1.82, 2.24) is 4.98 Å². The van der Waals surface area contributed by atoms with Crippen LogP contribution in [-0.4, -0.2) is 18.1 Å². The van der Waals surface area contributed by atoms with E-state index in [4.69, 9.17) is 4.74 Å². The molecule has 0 saturated carbocycles. The van der Waals surface area contributed by atoms with E-state index in [9.17, 15) is 18.4 Å². The molecule has 0 spiro atoms. The Morgan fingerprint density at radius 3 is 2.29 bits per heavy atom. The van der Waals surface area contributed by atoms with E-state index in [1.165, 1.54) is 61.7 Å². The summed E-state index contributed by atoms with van der Waals surface area (Å²) in [5.74, 6) is -0.808.